The minimum Gasteiger partial charge on any atom is -0.278 e. The lowest BCUT2D eigenvalue weighted by Gasteiger charge is -2.09. The third kappa shape index (κ3) is 2.35. The fourth-order valence-corrected chi connectivity index (χ4v) is 2.42. The molecule has 19 heavy (non-hydrogen) atoms. The Morgan fingerprint density at radius 1 is 1.37 bits per heavy atom. The van der Waals surface area contributed by atoms with Crippen LogP contribution in [0, 0.1) is 6.92 Å². The largest absolute Gasteiger partial charge is 0.278 e. The van der Waals surface area contributed by atoms with Gasteiger partial charge in [-0.3, -0.25) is 14.8 Å². The minimum atomic E-state index is 0.0226. The first kappa shape index (κ1) is 12.2. The number of nitrogens with zero attached hydrogens (tertiary/aromatic N) is 3. The van der Waals surface area contributed by atoms with Gasteiger partial charge in [0.2, 0.25) is 5.91 Å². The monoisotopic (exact) mass is 274 g/mol. The normalized spacial score (nSPS) is 19.2. The van der Waals surface area contributed by atoms with Gasteiger partial charge in [-0.15, -0.1) is 5.10 Å². The number of hydrogen-bond acceptors (Lipinski definition) is 4. The van der Waals surface area contributed by atoms with Crippen molar-refractivity contribution >= 4 is 24.5 Å². The smallest absolute Gasteiger partial charge is 0.251 e. The summed E-state index contributed by atoms with van der Waals surface area (Å²) in [5.74, 6) is 1.12. The molecule has 1 saturated heterocycles. The molecular formula is C13H14N4OS. The predicted octanol–water partition coefficient (Wildman–Crippen LogP) is 1.82. The quantitative estimate of drug-likeness (QED) is 0.821. The molecule has 1 atom stereocenters. The van der Waals surface area contributed by atoms with Crippen LogP contribution in [0.3, 0.4) is 0 Å². The summed E-state index contributed by atoms with van der Waals surface area (Å²) in [5, 5.41) is 7.05. The molecule has 6 heteroatoms. The molecule has 1 fully saturated rings. The molecule has 1 amide bonds. The number of carbonyl (C=O) groups is 1. The summed E-state index contributed by atoms with van der Waals surface area (Å²) in [7, 11) is 0. The van der Waals surface area contributed by atoms with Crippen molar-refractivity contribution in [3.05, 3.63) is 29.8 Å². The number of aromatic amines is 1. The Bertz CT molecular complexity index is 607. The van der Waals surface area contributed by atoms with E-state index in [2.05, 4.69) is 27.8 Å². The summed E-state index contributed by atoms with van der Waals surface area (Å²) in [6, 6.07) is 7.99. The van der Waals surface area contributed by atoms with Gasteiger partial charge in [0.1, 0.15) is 0 Å². The average molecular weight is 274 g/mol. The van der Waals surface area contributed by atoms with Gasteiger partial charge in [0, 0.05) is 23.8 Å². The highest BCUT2D eigenvalue weighted by Gasteiger charge is 2.30. The summed E-state index contributed by atoms with van der Waals surface area (Å²) in [5.41, 5.74) is 2.15. The van der Waals surface area contributed by atoms with E-state index in [1.807, 2.05) is 31.2 Å². The summed E-state index contributed by atoms with van der Waals surface area (Å²) < 4.78 is 0. The number of anilines is 1. The summed E-state index contributed by atoms with van der Waals surface area (Å²) in [4.78, 5) is 17.7. The first-order chi connectivity index (χ1) is 9.13. The Hall–Kier alpha value is -1.82. The number of thiol groups is 1. The fraction of sp³-hybridized carbons (Fsp3) is 0.308. The van der Waals surface area contributed by atoms with Crippen molar-refractivity contribution in [1.29, 1.82) is 0 Å². The van der Waals surface area contributed by atoms with Gasteiger partial charge in [0.25, 0.3) is 5.95 Å². The Morgan fingerprint density at radius 2 is 2.11 bits per heavy atom. The molecule has 1 N–H and O–H groups in total. The third-order valence-electron chi connectivity index (χ3n) is 3.14. The van der Waals surface area contributed by atoms with Crippen molar-refractivity contribution in [2.45, 2.75) is 18.6 Å². The Balaban J connectivity index is 1.87. The highest BCUT2D eigenvalue weighted by molar-refractivity contribution is 7.81. The van der Waals surface area contributed by atoms with Crippen LogP contribution in [0.2, 0.25) is 0 Å². The zero-order chi connectivity index (χ0) is 13.4. The van der Waals surface area contributed by atoms with E-state index in [1.165, 1.54) is 5.56 Å². The Labute approximate surface area is 116 Å². The van der Waals surface area contributed by atoms with Gasteiger partial charge in [-0.05, 0) is 6.92 Å². The summed E-state index contributed by atoms with van der Waals surface area (Å²) in [6.45, 7) is 2.60. The molecule has 2 heterocycles. The number of aromatic nitrogens is 3. The van der Waals surface area contributed by atoms with Gasteiger partial charge in [-0.1, -0.05) is 29.8 Å². The van der Waals surface area contributed by atoms with Crippen LogP contribution >= 0.6 is 12.6 Å². The van der Waals surface area contributed by atoms with Crippen molar-refractivity contribution in [1.82, 2.24) is 15.2 Å². The maximum Gasteiger partial charge on any atom is 0.251 e. The van der Waals surface area contributed by atoms with Crippen molar-refractivity contribution in [2.75, 3.05) is 11.4 Å². The van der Waals surface area contributed by atoms with Crippen LogP contribution in [-0.2, 0) is 4.79 Å². The van der Waals surface area contributed by atoms with E-state index in [1.54, 1.807) is 4.90 Å². The molecule has 0 aliphatic carbocycles. The number of rotatable bonds is 2. The highest BCUT2D eigenvalue weighted by Crippen LogP contribution is 2.23. The second-order valence-electron chi connectivity index (χ2n) is 4.71. The molecule has 2 aromatic rings. The van der Waals surface area contributed by atoms with Crippen LogP contribution in [0.15, 0.2) is 24.3 Å². The maximum atomic E-state index is 11.8. The van der Waals surface area contributed by atoms with Gasteiger partial charge in [-0.2, -0.15) is 17.6 Å². The molecule has 1 unspecified atom stereocenters. The number of nitrogens with one attached hydrogen (secondary N) is 1. The number of H-pyrrole nitrogens is 1. The fourth-order valence-electron chi connectivity index (χ4n) is 2.10. The van der Waals surface area contributed by atoms with Gasteiger partial charge in [0.05, 0.1) is 0 Å². The van der Waals surface area contributed by atoms with Crippen molar-refractivity contribution in [3.8, 4) is 11.4 Å². The second kappa shape index (κ2) is 4.70. The molecule has 5 nitrogen and oxygen atoms in total. The molecule has 0 bridgehead atoms. The Morgan fingerprint density at radius 3 is 2.74 bits per heavy atom. The number of carbonyl (C=O) groups excluding carboxylic acids is 1. The van der Waals surface area contributed by atoms with Crippen LogP contribution in [-0.4, -0.2) is 32.9 Å². The van der Waals surface area contributed by atoms with Crippen molar-refractivity contribution < 1.29 is 4.79 Å². The summed E-state index contributed by atoms with van der Waals surface area (Å²) >= 11 is 4.32. The summed E-state index contributed by atoms with van der Waals surface area (Å²) in [6.07, 6.45) is 0.442. The molecule has 3 rings (SSSR count). The van der Waals surface area contributed by atoms with E-state index in [-0.39, 0.29) is 11.2 Å². The molecular weight excluding hydrogens is 260 g/mol. The first-order valence-electron chi connectivity index (χ1n) is 6.11. The lowest BCUT2D eigenvalue weighted by molar-refractivity contribution is -0.117. The Kier molecular flexibility index (Phi) is 3.02. The molecule has 1 aliphatic rings. The first-order valence-corrected chi connectivity index (χ1v) is 6.63. The zero-order valence-corrected chi connectivity index (χ0v) is 11.4. The number of hydrogen-bond donors (Lipinski definition) is 2. The van der Waals surface area contributed by atoms with Crippen molar-refractivity contribution in [3.63, 3.8) is 0 Å². The molecule has 0 spiro atoms. The minimum absolute atomic E-state index is 0.0226. The number of benzene rings is 1. The average Bonchev–Trinajstić information content (AvgIpc) is 2.97. The van der Waals surface area contributed by atoms with Crippen LogP contribution < -0.4 is 4.90 Å². The van der Waals surface area contributed by atoms with E-state index < -0.39 is 0 Å². The lowest BCUT2D eigenvalue weighted by Crippen LogP contribution is -2.25. The topological polar surface area (TPSA) is 61.9 Å². The zero-order valence-electron chi connectivity index (χ0n) is 10.5. The molecule has 0 saturated carbocycles. The van der Waals surface area contributed by atoms with Crippen LogP contribution in [0.5, 0.6) is 0 Å². The van der Waals surface area contributed by atoms with E-state index >= 15 is 0 Å². The third-order valence-corrected chi connectivity index (χ3v) is 3.49. The SMILES string of the molecule is Cc1ccc(-c2nc(N3CC(S)CC3=O)n[nH]2)cc1. The van der Waals surface area contributed by atoms with E-state index in [0.29, 0.717) is 24.7 Å². The van der Waals surface area contributed by atoms with E-state index in [4.69, 9.17) is 0 Å². The predicted molar refractivity (Wildman–Crippen MR) is 76.3 cm³/mol. The van der Waals surface area contributed by atoms with Gasteiger partial charge >= 0.3 is 0 Å². The molecule has 98 valence electrons. The second-order valence-corrected chi connectivity index (χ2v) is 5.44. The lowest BCUT2D eigenvalue weighted by atomic mass is 10.1. The molecule has 1 aromatic carbocycles. The highest BCUT2D eigenvalue weighted by atomic mass is 32.1. The van der Waals surface area contributed by atoms with Crippen LogP contribution in [0.4, 0.5) is 5.95 Å². The molecule has 1 aliphatic heterocycles. The van der Waals surface area contributed by atoms with Crippen LogP contribution in [0.1, 0.15) is 12.0 Å². The van der Waals surface area contributed by atoms with Gasteiger partial charge in [-0.25, -0.2) is 0 Å². The van der Waals surface area contributed by atoms with E-state index in [9.17, 15) is 4.79 Å². The maximum absolute atomic E-state index is 11.8. The van der Waals surface area contributed by atoms with E-state index in [0.717, 1.165) is 5.56 Å². The molecule has 0 radical (unpaired) electrons. The number of aryl methyl sites for hydroxylation is 1. The van der Waals surface area contributed by atoms with Crippen LogP contribution in [0.25, 0.3) is 11.4 Å². The standard InChI is InChI=1S/C13H14N4OS/c1-8-2-4-9(5-3-8)12-14-13(16-15-12)17-7-10(19)6-11(17)18/h2-5,10,19H,6-7H2,1H3,(H,14,15,16). The number of amides is 1. The molecule has 1 aromatic heterocycles. The van der Waals surface area contributed by atoms with Gasteiger partial charge in [0.15, 0.2) is 5.82 Å². The van der Waals surface area contributed by atoms with Gasteiger partial charge < -0.3 is 0 Å². The van der Waals surface area contributed by atoms with Crippen molar-refractivity contribution in [2.24, 2.45) is 0 Å².